The number of amides is 2. The van der Waals surface area contributed by atoms with E-state index in [2.05, 4.69) is 31.9 Å². The molecule has 6 nitrogen and oxygen atoms in total. The van der Waals surface area contributed by atoms with Crippen LogP contribution in [-0.2, 0) is 6.54 Å². The van der Waals surface area contributed by atoms with Gasteiger partial charge >= 0.3 is 6.03 Å². The van der Waals surface area contributed by atoms with Crippen LogP contribution in [0.15, 0.2) is 46.9 Å². The van der Waals surface area contributed by atoms with Gasteiger partial charge < -0.3 is 25.8 Å². The summed E-state index contributed by atoms with van der Waals surface area (Å²) in [5.74, 6) is 0.701. The van der Waals surface area contributed by atoms with Crippen molar-refractivity contribution in [2.45, 2.75) is 12.6 Å². The fourth-order valence-corrected chi connectivity index (χ4v) is 2.72. The standard InChI is InChI=1S/C17H18BrN3O3/c18-12-2-1-3-15(6-12)24-10-14(22)9-19-13-5-4-11-8-20-17(23)21-16(11)7-13/h1-7,14,19,22H,8-10H2,(H2,20,21,23). The molecule has 1 heterocycles. The van der Waals surface area contributed by atoms with Gasteiger partial charge in [0.2, 0.25) is 0 Å². The van der Waals surface area contributed by atoms with Crippen molar-refractivity contribution in [2.24, 2.45) is 0 Å². The molecule has 0 saturated heterocycles. The number of carbonyl (C=O) groups is 1. The Morgan fingerprint density at radius 2 is 2.17 bits per heavy atom. The van der Waals surface area contributed by atoms with Gasteiger partial charge in [-0.25, -0.2) is 4.79 Å². The maximum Gasteiger partial charge on any atom is 0.319 e. The summed E-state index contributed by atoms with van der Waals surface area (Å²) in [5, 5.41) is 18.7. The predicted octanol–water partition coefficient (Wildman–Crippen LogP) is 2.94. The van der Waals surface area contributed by atoms with E-state index >= 15 is 0 Å². The minimum Gasteiger partial charge on any atom is -0.491 e. The molecular weight excluding hydrogens is 374 g/mol. The highest BCUT2D eigenvalue weighted by molar-refractivity contribution is 9.10. The number of nitrogens with one attached hydrogen (secondary N) is 3. The number of ether oxygens (including phenoxy) is 1. The second-order valence-corrected chi connectivity index (χ2v) is 6.40. The zero-order chi connectivity index (χ0) is 16.9. The molecule has 2 aromatic rings. The van der Waals surface area contributed by atoms with Crippen LogP contribution in [0.5, 0.6) is 5.75 Å². The molecule has 0 spiro atoms. The minimum absolute atomic E-state index is 0.190. The Hall–Kier alpha value is -2.25. The molecule has 0 radical (unpaired) electrons. The minimum atomic E-state index is -0.656. The number of hydrogen-bond donors (Lipinski definition) is 4. The van der Waals surface area contributed by atoms with E-state index in [4.69, 9.17) is 4.74 Å². The molecule has 3 rings (SSSR count). The first-order valence-corrected chi connectivity index (χ1v) is 8.37. The summed E-state index contributed by atoms with van der Waals surface area (Å²) < 4.78 is 6.49. The molecule has 0 aliphatic carbocycles. The van der Waals surface area contributed by atoms with Gasteiger partial charge in [0.15, 0.2) is 0 Å². The van der Waals surface area contributed by atoms with Crippen molar-refractivity contribution in [1.82, 2.24) is 5.32 Å². The lowest BCUT2D eigenvalue weighted by atomic mass is 10.1. The zero-order valence-corrected chi connectivity index (χ0v) is 14.5. The molecule has 2 amide bonds. The Balaban J connectivity index is 1.50. The Labute approximate surface area is 148 Å². The number of halogens is 1. The summed E-state index contributed by atoms with van der Waals surface area (Å²) in [5.41, 5.74) is 2.64. The molecule has 0 saturated carbocycles. The number of aliphatic hydroxyl groups excluding tert-OH is 1. The fraction of sp³-hybridized carbons (Fsp3) is 0.235. The third kappa shape index (κ3) is 4.39. The fourth-order valence-electron chi connectivity index (χ4n) is 2.34. The first-order valence-electron chi connectivity index (χ1n) is 7.58. The lowest BCUT2D eigenvalue weighted by molar-refractivity contribution is 0.117. The van der Waals surface area contributed by atoms with Crippen molar-refractivity contribution in [2.75, 3.05) is 23.8 Å². The normalized spacial score (nSPS) is 14.2. The Morgan fingerprint density at radius 3 is 3.00 bits per heavy atom. The number of aliphatic hydroxyl groups is 1. The van der Waals surface area contributed by atoms with Gasteiger partial charge in [0.25, 0.3) is 0 Å². The molecule has 7 heteroatoms. The van der Waals surface area contributed by atoms with Gasteiger partial charge in [-0.2, -0.15) is 0 Å². The average molecular weight is 392 g/mol. The molecule has 1 aliphatic heterocycles. The number of hydrogen-bond acceptors (Lipinski definition) is 4. The lowest BCUT2D eigenvalue weighted by Crippen LogP contribution is -2.33. The van der Waals surface area contributed by atoms with Crippen LogP contribution in [0.3, 0.4) is 0 Å². The summed E-state index contributed by atoms with van der Waals surface area (Å²) in [6.45, 7) is 1.05. The van der Waals surface area contributed by atoms with Crippen LogP contribution in [0.4, 0.5) is 16.2 Å². The highest BCUT2D eigenvalue weighted by atomic mass is 79.9. The van der Waals surface area contributed by atoms with E-state index in [-0.39, 0.29) is 12.6 Å². The maximum atomic E-state index is 11.3. The van der Waals surface area contributed by atoms with Crippen molar-refractivity contribution in [3.63, 3.8) is 0 Å². The third-order valence-electron chi connectivity index (χ3n) is 3.58. The molecule has 0 fully saturated rings. The Kier molecular flexibility index (Phi) is 5.22. The van der Waals surface area contributed by atoms with Crippen LogP contribution in [0.25, 0.3) is 0 Å². The van der Waals surface area contributed by atoms with Crippen molar-refractivity contribution in [3.05, 3.63) is 52.5 Å². The number of benzene rings is 2. The first kappa shape index (κ1) is 16.6. The quantitative estimate of drug-likeness (QED) is 0.609. The number of carbonyl (C=O) groups excluding carboxylic acids is 1. The van der Waals surface area contributed by atoms with Crippen LogP contribution in [0.1, 0.15) is 5.56 Å². The molecular formula is C17H18BrN3O3. The van der Waals surface area contributed by atoms with Gasteiger partial charge in [-0.1, -0.05) is 28.1 Å². The van der Waals surface area contributed by atoms with Crippen molar-refractivity contribution in [1.29, 1.82) is 0 Å². The molecule has 4 N–H and O–H groups in total. The summed E-state index contributed by atoms with van der Waals surface area (Å²) in [7, 11) is 0. The smallest absolute Gasteiger partial charge is 0.319 e. The SMILES string of the molecule is O=C1NCc2ccc(NCC(O)COc3cccc(Br)c3)cc2N1. The summed E-state index contributed by atoms with van der Waals surface area (Å²) in [4.78, 5) is 11.3. The summed E-state index contributed by atoms with van der Waals surface area (Å²) in [6, 6.07) is 13.0. The van der Waals surface area contributed by atoms with E-state index in [1.54, 1.807) is 0 Å². The number of fused-ring (bicyclic) bond motifs is 1. The largest absolute Gasteiger partial charge is 0.491 e. The number of urea groups is 1. The van der Waals surface area contributed by atoms with Crippen LogP contribution >= 0.6 is 15.9 Å². The topological polar surface area (TPSA) is 82.6 Å². The molecule has 1 aliphatic rings. The third-order valence-corrected chi connectivity index (χ3v) is 4.07. The lowest BCUT2D eigenvalue weighted by Gasteiger charge is -2.20. The van der Waals surface area contributed by atoms with E-state index < -0.39 is 6.10 Å². The zero-order valence-electron chi connectivity index (χ0n) is 12.9. The van der Waals surface area contributed by atoms with Crippen LogP contribution < -0.4 is 20.7 Å². The van der Waals surface area contributed by atoms with Gasteiger partial charge in [-0.15, -0.1) is 0 Å². The summed E-state index contributed by atoms with van der Waals surface area (Å²) >= 11 is 3.38. The molecule has 24 heavy (non-hydrogen) atoms. The van der Waals surface area contributed by atoms with E-state index in [9.17, 15) is 9.90 Å². The molecule has 126 valence electrons. The number of anilines is 2. The van der Waals surface area contributed by atoms with Gasteiger partial charge in [0.05, 0.1) is 0 Å². The molecule has 0 bridgehead atoms. The van der Waals surface area contributed by atoms with E-state index in [0.717, 1.165) is 21.4 Å². The Bertz CT molecular complexity index is 739. The monoisotopic (exact) mass is 391 g/mol. The van der Waals surface area contributed by atoms with Crippen molar-refractivity contribution in [3.8, 4) is 5.75 Å². The predicted molar refractivity (Wildman–Crippen MR) is 96.4 cm³/mol. The van der Waals surface area contributed by atoms with Gasteiger partial charge in [-0.3, -0.25) is 0 Å². The second kappa shape index (κ2) is 7.55. The van der Waals surface area contributed by atoms with Gasteiger partial charge in [-0.05, 0) is 35.9 Å². The maximum absolute atomic E-state index is 11.3. The van der Waals surface area contributed by atoms with Crippen LogP contribution in [0.2, 0.25) is 0 Å². The van der Waals surface area contributed by atoms with Crippen LogP contribution in [-0.4, -0.2) is 30.4 Å². The van der Waals surface area contributed by atoms with Gasteiger partial charge in [0, 0.05) is 28.9 Å². The van der Waals surface area contributed by atoms with Crippen molar-refractivity contribution < 1.29 is 14.6 Å². The second-order valence-electron chi connectivity index (χ2n) is 5.48. The Morgan fingerprint density at radius 1 is 1.29 bits per heavy atom. The first-order chi connectivity index (χ1) is 11.6. The van der Waals surface area contributed by atoms with Gasteiger partial charge in [0.1, 0.15) is 18.5 Å². The van der Waals surface area contributed by atoms with Crippen molar-refractivity contribution >= 4 is 33.3 Å². The summed E-state index contributed by atoms with van der Waals surface area (Å²) in [6.07, 6.45) is -0.656. The van der Waals surface area contributed by atoms with Crippen LogP contribution in [0, 0.1) is 0 Å². The number of rotatable bonds is 6. The highest BCUT2D eigenvalue weighted by Crippen LogP contribution is 2.23. The molecule has 1 unspecified atom stereocenters. The molecule has 1 atom stereocenters. The van der Waals surface area contributed by atoms with E-state index in [0.29, 0.717) is 18.8 Å². The average Bonchev–Trinajstić information content (AvgIpc) is 2.58. The van der Waals surface area contributed by atoms with E-state index in [1.807, 2.05) is 42.5 Å². The highest BCUT2D eigenvalue weighted by Gasteiger charge is 2.14. The molecule has 2 aromatic carbocycles. The van der Waals surface area contributed by atoms with E-state index in [1.165, 1.54) is 0 Å². The molecule has 0 aromatic heterocycles.